The Morgan fingerprint density at radius 1 is 1.14 bits per heavy atom. The highest BCUT2D eigenvalue weighted by atomic mass is 16.5. The maximum absolute atomic E-state index is 12.9. The Hall–Kier alpha value is -3.26. The van der Waals surface area contributed by atoms with Crippen LogP contribution in [0.1, 0.15) is 94.2 Å². The fourth-order valence-electron chi connectivity index (χ4n) is 5.29. The highest BCUT2D eigenvalue weighted by Crippen LogP contribution is 2.44. The third kappa shape index (κ3) is 5.53. The SMILES string of the molecule is CCCCC1CCC(C(=O)Oc2ccc3c(c2)OC(N)=C(C#N)C3c2ccc(C(C)C)cc2)CC1. The highest BCUT2D eigenvalue weighted by molar-refractivity contribution is 5.75. The van der Waals surface area contributed by atoms with Crippen molar-refractivity contribution >= 4 is 5.97 Å². The summed E-state index contributed by atoms with van der Waals surface area (Å²) >= 11 is 0. The zero-order valence-electron chi connectivity index (χ0n) is 21.0. The minimum Gasteiger partial charge on any atom is -0.440 e. The number of ether oxygens (including phenoxy) is 2. The minimum atomic E-state index is -0.326. The van der Waals surface area contributed by atoms with Gasteiger partial charge in [0, 0.05) is 11.6 Å². The standard InChI is InChI=1S/C30H36N2O3/c1-4-5-6-20-7-9-23(10-8-20)30(33)34-24-15-16-25-27(17-24)35-29(32)26(18-31)28(25)22-13-11-21(12-14-22)19(2)3/h11-17,19-20,23,28H,4-10,32H2,1-3H3. The number of esters is 1. The van der Waals surface area contributed by atoms with Crippen LogP contribution in [-0.2, 0) is 4.79 Å². The highest BCUT2D eigenvalue weighted by Gasteiger charge is 2.32. The topological polar surface area (TPSA) is 85.3 Å². The van der Waals surface area contributed by atoms with Crippen molar-refractivity contribution < 1.29 is 14.3 Å². The van der Waals surface area contributed by atoms with Crippen LogP contribution in [0, 0.1) is 23.2 Å². The van der Waals surface area contributed by atoms with Crippen LogP contribution < -0.4 is 15.2 Å². The summed E-state index contributed by atoms with van der Waals surface area (Å²) in [4.78, 5) is 12.9. The van der Waals surface area contributed by atoms with Crippen LogP contribution in [0.25, 0.3) is 0 Å². The zero-order valence-corrected chi connectivity index (χ0v) is 21.0. The molecule has 184 valence electrons. The summed E-state index contributed by atoms with van der Waals surface area (Å²) in [5.74, 6) is 1.68. The second kappa shape index (κ2) is 11.0. The Morgan fingerprint density at radius 2 is 1.86 bits per heavy atom. The quantitative estimate of drug-likeness (QED) is 0.349. The van der Waals surface area contributed by atoms with Crippen molar-refractivity contribution in [2.45, 2.75) is 77.6 Å². The molecule has 0 radical (unpaired) electrons. The molecule has 2 aliphatic rings. The Labute approximate surface area is 208 Å². The van der Waals surface area contributed by atoms with E-state index in [0.717, 1.165) is 42.7 Å². The fraction of sp³-hybridized carbons (Fsp3) is 0.467. The first-order chi connectivity index (χ1) is 16.9. The maximum atomic E-state index is 12.9. The number of nitrogens with zero attached hydrogens (tertiary/aromatic N) is 1. The van der Waals surface area contributed by atoms with E-state index >= 15 is 0 Å². The summed E-state index contributed by atoms with van der Waals surface area (Å²) < 4.78 is 11.6. The van der Waals surface area contributed by atoms with Gasteiger partial charge in [0.05, 0.1) is 11.8 Å². The molecule has 1 heterocycles. The van der Waals surface area contributed by atoms with Gasteiger partial charge in [-0.1, -0.05) is 70.4 Å². The van der Waals surface area contributed by atoms with E-state index in [4.69, 9.17) is 15.2 Å². The molecule has 0 bridgehead atoms. The maximum Gasteiger partial charge on any atom is 0.314 e. The summed E-state index contributed by atoms with van der Waals surface area (Å²) in [6.45, 7) is 6.52. The first-order valence-corrected chi connectivity index (χ1v) is 12.9. The average molecular weight is 473 g/mol. The number of allylic oxidation sites excluding steroid dienone is 1. The number of nitrogens with two attached hydrogens (primary N) is 1. The van der Waals surface area contributed by atoms with Crippen LogP contribution >= 0.6 is 0 Å². The number of hydrogen-bond acceptors (Lipinski definition) is 5. The molecule has 5 nitrogen and oxygen atoms in total. The van der Waals surface area contributed by atoms with Crippen LogP contribution in [0.4, 0.5) is 0 Å². The van der Waals surface area contributed by atoms with Crippen molar-refractivity contribution in [3.8, 4) is 17.6 Å². The summed E-state index contributed by atoms with van der Waals surface area (Å²) in [6.07, 6.45) is 7.74. The van der Waals surface area contributed by atoms with Gasteiger partial charge in [0.1, 0.15) is 23.1 Å². The zero-order chi connectivity index (χ0) is 24.9. The molecule has 1 aliphatic carbocycles. The molecule has 1 atom stereocenters. The average Bonchev–Trinajstić information content (AvgIpc) is 2.87. The van der Waals surface area contributed by atoms with Crippen molar-refractivity contribution in [1.29, 1.82) is 5.26 Å². The minimum absolute atomic E-state index is 0.0489. The van der Waals surface area contributed by atoms with Crippen molar-refractivity contribution in [3.05, 3.63) is 70.6 Å². The molecule has 1 fully saturated rings. The molecule has 0 aromatic heterocycles. The number of rotatable bonds is 7. The summed E-state index contributed by atoms with van der Waals surface area (Å²) in [6, 6.07) is 15.9. The molecule has 4 rings (SSSR count). The van der Waals surface area contributed by atoms with Gasteiger partial charge < -0.3 is 15.2 Å². The number of carbonyl (C=O) groups is 1. The molecule has 0 amide bonds. The number of hydrogen-bond donors (Lipinski definition) is 1. The van der Waals surface area contributed by atoms with Gasteiger partial charge in [-0.2, -0.15) is 5.26 Å². The smallest absolute Gasteiger partial charge is 0.314 e. The van der Waals surface area contributed by atoms with Crippen molar-refractivity contribution in [1.82, 2.24) is 0 Å². The van der Waals surface area contributed by atoms with Gasteiger partial charge in [-0.25, -0.2) is 0 Å². The third-order valence-electron chi connectivity index (χ3n) is 7.49. The Morgan fingerprint density at radius 3 is 2.49 bits per heavy atom. The number of nitriles is 1. The van der Waals surface area contributed by atoms with Crippen LogP contribution in [-0.4, -0.2) is 5.97 Å². The number of unbranched alkanes of at least 4 members (excludes halogenated alkanes) is 1. The lowest BCUT2D eigenvalue weighted by molar-refractivity contribution is -0.140. The Balaban J connectivity index is 1.51. The second-order valence-electron chi connectivity index (χ2n) is 10.2. The molecular formula is C30H36N2O3. The third-order valence-corrected chi connectivity index (χ3v) is 7.49. The number of fused-ring (bicyclic) bond motifs is 1. The fourth-order valence-corrected chi connectivity index (χ4v) is 5.29. The van der Waals surface area contributed by atoms with E-state index < -0.39 is 0 Å². The van der Waals surface area contributed by atoms with Crippen molar-refractivity contribution in [3.63, 3.8) is 0 Å². The van der Waals surface area contributed by atoms with Crippen LogP contribution in [0.15, 0.2) is 53.9 Å². The van der Waals surface area contributed by atoms with Gasteiger partial charge in [0.25, 0.3) is 0 Å². The van der Waals surface area contributed by atoms with E-state index in [1.807, 2.05) is 18.2 Å². The van der Waals surface area contributed by atoms with Gasteiger partial charge in [-0.3, -0.25) is 4.79 Å². The summed E-state index contributed by atoms with van der Waals surface area (Å²) in [7, 11) is 0. The van der Waals surface area contributed by atoms with Gasteiger partial charge >= 0.3 is 5.97 Å². The largest absolute Gasteiger partial charge is 0.440 e. The van der Waals surface area contributed by atoms with Gasteiger partial charge in [-0.15, -0.1) is 0 Å². The molecule has 0 spiro atoms. The first kappa shape index (κ1) is 24.9. The van der Waals surface area contributed by atoms with Gasteiger partial charge in [0.15, 0.2) is 0 Å². The second-order valence-corrected chi connectivity index (χ2v) is 10.2. The van der Waals surface area contributed by atoms with Crippen LogP contribution in [0.3, 0.4) is 0 Å². The molecule has 2 aromatic carbocycles. The predicted molar refractivity (Wildman–Crippen MR) is 137 cm³/mol. The summed E-state index contributed by atoms with van der Waals surface area (Å²) in [5.41, 5.74) is 9.59. The normalized spacial score (nSPS) is 21.7. The van der Waals surface area contributed by atoms with Crippen LogP contribution in [0.2, 0.25) is 0 Å². The van der Waals surface area contributed by atoms with Gasteiger partial charge in [0.2, 0.25) is 5.88 Å². The van der Waals surface area contributed by atoms with Crippen LogP contribution in [0.5, 0.6) is 11.5 Å². The molecule has 35 heavy (non-hydrogen) atoms. The van der Waals surface area contributed by atoms with E-state index in [-0.39, 0.29) is 23.7 Å². The summed E-state index contributed by atoms with van der Waals surface area (Å²) in [5, 5.41) is 9.81. The molecule has 1 saturated carbocycles. The van der Waals surface area contributed by atoms with Gasteiger partial charge in [-0.05, 0) is 54.7 Å². The van der Waals surface area contributed by atoms with E-state index in [1.54, 1.807) is 12.1 Å². The number of benzene rings is 2. The molecular weight excluding hydrogens is 436 g/mol. The lowest BCUT2D eigenvalue weighted by Crippen LogP contribution is -2.26. The monoisotopic (exact) mass is 472 g/mol. The molecule has 1 unspecified atom stereocenters. The first-order valence-electron chi connectivity index (χ1n) is 12.9. The molecule has 2 N–H and O–H groups in total. The Bertz CT molecular complexity index is 1120. The predicted octanol–water partition coefficient (Wildman–Crippen LogP) is 6.93. The Kier molecular flexibility index (Phi) is 7.80. The molecule has 5 heteroatoms. The van der Waals surface area contributed by atoms with E-state index in [9.17, 15) is 10.1 Å². The lowest BCUT2D eigenvalue weighted by Gasteiger charge is -2.28. The lowest BCUT2D eigenvalue weighted by atomic mass is 9.80. The van der Waals surface area contributed by atoms with E-state index in [0.29, 0.717) is 23.0 Å². The van der Waals surface area contributed by atoms with Crippen molar-refractivity contribution in [2.24, 2.45) is 17.6 Å². The molecule has 1 aliphatic heterocycles. The molecule has 0 saturated heterocycles. The number of carbonyl (C=O) groups excluding carboxylic acids is 1. The molecule has 2 aromatic rings. The van der Waals surface area contributed by atoms with E-state index in [2.05, 4.69) is 39.0 Å². The van der Waals surface area contributed by atoms with E-state index in [1.165, 1.54) is 24.8 Å². The van der Waals surface area contributed by atoms with Crippen molar-refractivity contribution in [2.75, 3.05) is 0 Å².